The Morgan fingerprint density at radius 2 is 0.611 bits per heavy atom. The standard InChI is InChI=1S/C67H43B2NS2/c1-42-64-61-63-62-65(42)72-67-54(48-30-18-7-19-31-48)37-52(46-26-14-5-15-27-46)41-58(67)69(62)56-39-50(44-22-10-3-11-23-44)33-35-60(56)70(63)59-34-32-49(43-20-8-2-9-21-43)38-55(59)68(61)57-40-51(45-24-12-4-13-25-45)36-53(66(57)71-64)47-28-16-6-17-29-47/h2-41H,1H3. The zero-order valence-electron chi connectivity index (χ0n) is 39.5. The third-order valence-corrected chi connectivity index (χ3v) is 18.3. The first-order valence-electron chi connectivity index (χ1n) is 25.0. The van der Waals surface area contributed by atoms with E-state index in [2.05, 4.69) is 254 Å². The molecule has 0 aromatic heterocycles. The van der Waals surface area contributed by atoms with Crippen LogP contribution >= 0.6 is 23.5 Å². The molecule has 4 aliphatic rings. The fourth-order valence-corrected chi connectivity index (χ4v) is 15.1. The topological polar surface area (TPSA) is 3.24 Å². The van der Waals surface area contributed by atoms with Gasteiger partial charge in [-0.1, -0.05) is 253 Å². The lowest BCUT2D eigenvalue weighted by molar-refractivity contribution is 1.18. The molecule has 0 bridgehead atoms. The molecule has 1 nitrogen and oxygen atoms in total. The number of rotatable bonds is 6. The molecule has 4 heterocycles. The number of anilines is 3. The molecule has 5 heteroatoms. The van der Waals surface area contributed by atoms with E-state index in [1.807, 2.05) is 23.5 Å². The summed E-state index contributed by atoms with van der Waals surface area (Å²) in [5.41, 5.74) is 28.4. The molecule has 0 radical (unpaired) electrons. The number of nitrogens with zero attached hydrogens (tertiary/aromatic N) is 1. The fraction of sp³-hybridized carbons (Fsp3) is 0.0149. The Morgan fingerprint density at radius 1 is 0.292 bits per heavy atom. The summed E-state index contributed by atoms with van der Waals surface area (Å²) in [7, 11) is 0. The summed E-state index contributed by atoms with van der Waals surface area (Å²) in [6, 6.07) is 90.7. The van der Waals surface area contributed by atoms with Crippen molar-refractivity contribution in [1.29, 1.82) is 0 Å². The van der Waals surface area contributed by atoms with Gasteiger partial charge in [0.1, 0.15) is 0 Å². The monoisotopic (exact) mass is 947 g/mol. The van der Waals surface area contributed by atoms with E-state index in [4.69, 9.17) is 0 Å². The molecule has 0 saturated heterocycles. The van der Waals surface area contributed by atoms with Gasteiger partial charge < -0.3 is 4.90 Å². The van der Waals surface area contributed by atoms with Gasteiger partial charge in [0.15, 0.2) is 0 Å². The highest BCUT2D eigenvalue weighted by Crippen LogP contribution is 2.52. The third kappa shape index (κ3) is 6.40. The Bertz CT molecular complexity index is 3720. The number of benzene rings is 11. The summed E-state index contributed by atoms with van der Waals surface area (Å²) in [4.78, 5) is 8.14. The van der Waals surface area contributed by atoms with Crippen molar-refractivity contribution < 1.29 is 0 Å². The molecule has 0 unspecified atom stereocenters. The Balaban J connectivity index is 1.08. The molecule has 4 aliphatic heterocycles. The van der Waals surface area contributed by atoms with Crippen molar-refractivity contribution in [2.45, 2.75) is 26.5 Å². The first-order chi connectivity index (χ1) is 35.6. The van der Waals surface area contributed by atoms with Gasteiger partial charge in [0, 0.05) is 36.6 Å². The minimum Gasteiger partial charge on any atom is -0.312 e. The minimum absolute atomic E-state index is 0.0241. The van der Waals surface area contributed by atoms with Gasteiger partial charge in [-0.3, -0.25) is 0 Å². The second-order valence-corrected chi connectivity index (χ2v) is 21.5. The van der Waals surface area contributed by atoms with Crippen LogP contribution < -0.4 is 37.7 Å². The van der Waals surface area contributed by atoms with E-state index in [1.54, 1.807) is 0 Å². The highest BCUT2D eigenvalue weighted by atomic mass is 32.2. The Labute approximate surface area is 430 Å². The predicted octanol–water partition coefficient (Wildman–Crippen LogP) is 14.1. The van der Waals surface area contributed by atoms with E-state index in [9.17, 15) is 0 Å². The van der Waals surface area contributed by atoms with Gasteiger partial charge >= 0.3 is 0 Å². The summed E-state index contributed by atoms with van der Waals surface area (Å²) in [6.07, 6.45) is 0. The summed E-state index contributed by atoms with van der Waals surface area (Å²) in [5, 5.41) is 0. The van der Waals surface area contributed by atoms with Crippen molar-refractivity contribution in [3.8, 4) is 66.8 Å². The maximum absolute atomic E-state index is 2.69. The van der Waals surface area contributed by atoms with E-state index in [0.29, 0.717) is 0 Å². The number of fused-ring (bicyclic) bond motifs is 10. The average molecular weight is 948 g/mol. The summed E-state index contributed by atoms with van der Waals surface area (Å²) >= 11 is 4.00. The van der Waals surface area contributed by atoms with Gasteiger partial charge in [-0.15, -0.1) is 0 Å². The van der Waals surface area contributed by atoms with Crippen LogP contribution in [0.3, 0.4) is 0 Å². The van der Waals surface area contributed by atoms with Crippen LogP contribution in [0.5, 0.6) is 0 Å². The highest BCUT2D eigenvalue weighted by Gasteiger charge is 2.51. The normalized spacial score (nSPS) is 13.2. The fourth-order valence-electron chi connectivity index (χ4n) is 12.3. The molecule has 0 N–H and O–H groups in total. The molecular weight excluding hydrogens is 905 g/mol. The van der Waals surface area contributed by atoms with Crippen molar-refractivity contribution in [3.63, 3.8) is 0 Å². The van der Waals surface area contributed by atoms with Gasteiger partial charge in [-0.25, -0.2) is 0 Å². The molecule has 0 aliphatic carbocycles. The van der Waals surface area contributed by atoms with Crippen LogP contribution in [0.15, 0.2) is 262 Å². The van der Waals surface area contributed by atoms with Crippen LogP contribution in [0.4, 0.5) is 17.1 Å². The molecule has 72 heavy (non-hydrogen) atoms. The predicted molar refractivity (Wildman–Crippen MR) is 309 cm³/mol. The maximum Gasteiger partial charge on any atom is 0.249 e. The lowest BCUT2D eigenvalue weighted by Gasteiger charge is -2.48. The largest absolute Gasteiger partial charge is 0.312 e. The molecule has 0 atom stereocenters. The maximum atomic E-state index is 2.69. The molecule has 11 aromatic carbocycles. The number of hydrogen-bond acceptors (Lipinski definition) is 3. The second-order valence-electron chi connectivity index (χ2n) is 19.5. The first-order valence-corrected chi connectivity index (χ1v) is 26.6. The van der Waals surface area contributed by atoms with Crippen molar-refractivity contribution in [3.05, 3.63) is 248 Å². The summed E-state index contributed by atoms with van der Waals surface area (Å²) < 4.78 is 0. The molecule has 0 spiro atoms. The van der Waals surface area contributed by atoms with Gasteiger partial charge in [0.2, 0.25) is 13.4 Å². The van der Waals surface area contributed by atoms with E-state index in [1.165, 1.54) is 142 Å². The molecule has 0 amide bonds. The first kappa shape index (κ1) is 41.8. The molecule has 334 valence electrons. The highest BCUT2D eigenvalue weighted by molar-refractivity contribution is 8.01. The summed E-state index contributed by atoms with van der Waals surface area (Å²) in [5.74, 6) is 0. The van der Waals surface area contributed by atoms with Crippen LogP contribution in [-0.4, -0.2) is 13.4 Å². The van der Waals surface area contributed by atoms with Crippen molar-refractivity contribution in [1.82, 2.24) is 0 Å². The van der Waals surface area contributed by atoms with Gasteiger partial charge in [0.25, 0.3) is 0 Å². The van der Waals surface area contributed by atoms with E-state index in [0.717, 1.165) is 0 Å². The van der Waals surface area contributed by atoms with E-state index < -0.39 is 0 Å². The van der Waals surface area contributed by atoms with Gasteiger partial charge in [-0.05, 0) is 125 Å². The van der Waals surface area contributed by atoms with E-state index >= 15 is 0 Å². The summed E-state index contributed by atoms with van der Waals surface area (Å²) in [6.45, 7) is 2.39. The quantitative estimate of drug-likeness (QED) is 0.153. The molecule has 11 aromatic rings. The van der Waals surface area contributed by atoms with Gasteiger partial charge in [0.05, 0.1) is 0 Å². The minimum atomic E-state index is -0.0241. The molecular formula is C67H43B2NS2. The van der Waals surface area contributed by atoms with Crippen LogP contribution in [0.1, 0.15) is 5.56 Å². The SMILES string of the molecule is Cc1c2c3c4c5c1Sc1c(cc(-c6ccccc6)cc1-c1ccccc1)B5c1cc(-c5ccccc5)ccc1N4c1ccc(-c4ccccc4)cc1B3c1cc(-c3ccccc3)cc(-c3ccccc3)c1S2. The zero-order chi connectivity index (χ0) is 47.4. The smallest absolute Gasteiger partial charge is 0.249 e. The third-order valence-electron chi connectivity index (χ3n) is 15.5. The lowest BCUT2D eigenvalue weighted by Crippen LogP contribution is -2.67. The van der Waals surface area contributed by atoms with Gasteiger partial charge in [-0.2, -0.15) is 0 Å². The zero-order valence-corrected chi connectivity index (χ0v) is 41.1. The van der Waals surface area contributed by atoms with Crippen LogP contribution in [0.2, 0.25) is 0 Å². The Hall–Kier alpha value is -7.95. The van der Waals surface area contributed by atoms with Crippen molar-refractivity contribution >= 4 is 86.8 Å². The molecule has 15 rings (SSSR count). The molecule has 0 saturated carbocycles. The van der Waals surface area contributed by atoms with Crippen molar-refractivity contribution in [2.24, 2.45) is 0 Å². The second kappa shape index (κ2) is 16.6. The van der Waals surface area contributed by atoms with Crippen LogP contribution in [0.25, 0.3) is 66.8 Å². The number of hydrogen-bond donors (Lipinski definition) is 0. The lowest BCUT2D eigenvalue weighted by atomic mass is 9.30. The Morgan fingerprint density at radius 3 is 0.972 bits per heavy atom. The molecule has 0 fully saturated rings. The van der Waals surface area contributed by atoms with Crippen molar-refractivity contribution in [2.75, 3.05) is 4.90 Å². The Kier molecular flexibility index (Phi) is 9.62. The van der Waals surface area contributed by atoms with E-state index in [-0.39, 0.29) is 13.4 Å². The average Bonchev–Trinajstić information content (AvgIpc) is 3.46. The van der Waals surface area contributed by atoms with Crippen LogP contribution in [0, 0.1) is 6.92 Å². The van der Waals surface area contributed by atoms with Crippen LogP contribution in [-0.2, 0) is 0 Å².